The van der Waals surface area contributed by atoms with E-state index in [1.165, 1.54) is 18.2 Å². The Morgan fingerprint density at radius 2 is 2.10 bits per heavy atom. The number of nitro groups is 1. The number of ether oxygens (including phenoxy) is 1. The number of hydrogen-bond acceptors (Lipinski definition) is 5. The molecule has 6 nitrogen and oxygen atoms in total. The normalized spacial score (nSPS) is 20.0. The lowest BCUT2D eigenvalue weighted by Crippen LogP contribution is -2.20. The Kier molecular flexibility index (Phi) is 3.99. The number of halogens is 2. The van der Waals surface area contributed by atoms with E-state index in [0.717, 1.165) is 0 Å². The van der Waals surface area contributed by atoms with Gasteiger partial charge in [-0.1, -0.05) is 35.3 Å². The number of nitro benzene ring substituents is 1. The minimum Gasteiger partial charge on any atom is -0.449 e. The molecule has 8 heteroatoms. The van der Waals surface area contributed by atoms with E-state index >= 15 is 0 Å². The van der Waals surface area contributed by atoms with E-state index in [-0.39, 0.29) is 21.3 Å². The highest BCUT2D eigenvalue weighted by molar-refractivity contribution is 6.48. The Hall–Kier alpha value is -1.63. The van der Waals surface area contributed by atoms with E-state index in [0.29, 0.717) is 5.56 Å². The van der Waals surface area contributed by atoms with E-state index < -0.39 is 23.1 Å². The van der Waals surface area contributed by atoms with Crippen LogP contribution in [0.5, 0.6) is 0 Å². The Bertz CT molecular complexity index is 628. The monoisotopic (exact) mass is 317 g/mol. The third-order valence-corrected chi connectivity index (χ3v) is 3.79. The van der Waals surface area contributed by atoms with Crippen LogP contribution in [-0.2, 0) is 9.53 Å². The first-order chi connectivity index (χ1) is 9.32. The zero-order valence-electron chi connectivity index (χ0n) is 10.2. The summed E-state index contributed by atoms with van der Waals surface area (Å²) in [5.41, 5.74) is 0.524. The number of carbonyl (C=O) groups is 1. The van der Waals surface area contributed by atoms with Crippen LogP contribution in [0.3, 0.4) is 0 Å². The van der Waals surface area contributed by atoms with Crippen LogP contribution in [0, 0.1) is 17.0 Å². The van der Waals surface area contributed by atoms with Crippen molar-refractivity contribution in [3.05, 3.63) is 49.5 Å². The number of esters is 1. The number of hydrogen-bond donors (Lipinski definition) is 1. The average molecular weight is 318 g/mol. The molecule has 0 saturated heterocycles. The Morgan fingerprint density at radius 3 is 2.60 bits per heavy atom. The van der Waals surface area contributed by atoms with Gasteiger partial charge in [0, 0.05) is 11.6 Å². The minimum atomic E-state index is -1.33. The molecule has 2 atom stereocenters. The molecule has 0 aliphatic carbocycles. The summed E-state index contributed by atoms with van der Waals surface area (Å²) in [6.07, 6.45) is -2.49. The summed E-state index contributed by atoms with van der Waals surface area (Å²) >= 11 is 11.4. The molecule has 1 aromatic rings. The fourth-order valence-electron chi connectivity index (χ4n) is 1.83. The summed E-state index contributed by atoms with van der Waals surface area (Å²) in [6.45, 7) is 1.58. The molecule has 0 fully saturated rings. The number of aliphatic hydroxyl groups excluding tert-OH is 1. The fourth-order valence-corrected chi connectivity index (χ4v) is 2.22. The molecule has 1 aliphatic heterocycles. The van der Waals surface area contributed by atoms with Gasteiger partial charge in [-0.3, -0.25) is 10.1 Å². The maximum Gasteiger partial charge on any atom is 0.351 e. The smallest absolute Gasteiger partial charge is 0.351 e. The van der Waals surface area contributed by atoms with E-state index in [4.69, 9.17) is 27.9 Å². The van der Waals surface area contributed by atoms with Crippen LogP contribution in [0.1, 0.15) is 17.2 Å². The molecule has 1 N–H and O–H groups in total. The highest BCUT2D eigenvalue weighted by Crippen LogP contribution is 2.37. The summed E-state index contributed by atoms with van der Waals surface area (Å²) in [6, 6.07) is 4.20. The predicted molar refractivity (Wildman–Crippen MR) is 71.4 cm³/mol. The Labute approximate surface area is 123 Å². The van der Waals surface area contributed by atoms with Crippen LogP contribution in [0.4, 0.5) is 5.69 Å². The van der Waals surface area contributed by atoms with Crippen LogP contribution >= 0.6 is 23.2 Å². The van der Waals surface area contributed by atoms with Crippen LogP contribution in [0.25, 0.3) is 0 Å². The van der Waals surface area contributed by atoms with Crippen molar-refractivity contribution in [2.45, 2.75) is 19.1 Å². The highest BCUT2D eigenvalue weighted by atomic mass is 35.5. The third kappa shape index (κ3) is 2.49. The van der Waals surface area contributed by atoms with Gasteiger partial charge in [0.05, 0.1) is 9.96 Å². The molecule has 0 aromatic heterocycles. The van der Waals surface area contributed by atoms with Gasteiger partial charge in [-0.2, -0.15) is 0 Å². The van der Waals surface area contributed by atoms with Gasteiger partial charge < -0.3 is 9.84 Å². The lowest BCUT2D eigenvalue weighted by atomic mass is 10.0. The molecule has 20 heavy (non-hydrogen) atoms. The van der Waals surface area contributed by atoms with Crippen molar-refractivity contribution in [1.82, 2.24) is 0 Å². The first kappa shape index (κ1) is 14.8. The van der Waals surface area contributed by atoms with Gasteiger partial charge in [0.15, 0.2) is 6.10 Å². The van der Waals surface area contributed by atoms with Crippen molar-refractivity contribution in [1.29, 1.82) is 0 Å². The van der Waals surface area contributed by atoms with Crippen LogP contribution in [0.2, 0.25) is 0 Å². The SMILES string of the molecule is Cc1ccc(C(O)C2OC(=O)C(Cl)=C2Cl)cc1[N+](=O)[O-]. The van der Waals surface area contributed by atoms with Gasteiger partial charge in [0.25, 0.3) is 5.69 Å². The lowest BCUT2D eigenvalue weighted by Gasteiger charge is -2.18. The largest absolute Gasteiger partial charge is 0.449 e. The van der Waals surface area contributed by atoms with Crippen molar-refractivity contribution in [3.8, 4) is 0 Å². The van der Waals surface area contributed by atoms with Gasteiger partial charge in [-0.05, 0) is 12.5 Å². The van der Waals surface area contributed by atoms with Gasteiger partial charge in [0.1, 0.15) is 11.1 Å². The topological polar surface area (TPSA) is 89.7 Å². The van der Waals surface area contributed by atoms with Crippen molar-refractivity contribution in [2.75, 3.05) is 0 Å². The molecule has 0 amide bonds. The molecule has 0 spiro atoms. The second-order valence-electron chi connectivity index (χ2n) is 4.24. The van der Waals surface area contributed by atoms with Crippen LogP contribution in [0.15, 0.2) is 28.3 Å². The molecule has 0 radical (unpaired) electrons. The van der Waals surface area contributed by atoms with Crippen molar-refractivity contribution in [3.63, 3.8) is 0 Å². The van der Waals surface area contributed by atoms with E-state index in [9.17, 15) is 20.0 Å². The number of benzene rings is 1. The summed E-state index contributed by atoms with van der Waals surface area (Å²) in [4.78, 5) is 21.6. The van der Waals surface area contributed by atoms with Gasteiger partial charge in [0.2, 0.25) is 0 Å². The molecule has 106 valence electrons. The van der Waals surface area contributed by atoms with E-state index in [1.807, 2.05) is 0 Å². The third-order valence-electron chi connectivity index (χ3n) is 2.93. The molecule has 0 bridgehead atoms. The molecule has 1 aromatic carbocycles. The number of nitrogens with zero attached hydrogens (tertiary/aromatic N) is 1. The second kappa shape index (κ2) is 5.40. The predicted octanol–water partition coefficient (Wildman–Crippen LogP) is 2.55. The fraction of sp³-hybridized carbons (Fsp3) is 0.250. The Balaban J connectivity index is 2.36. The zero-order valence-corrected chi connectivity index (χ0v) is 11.7. The molecule has 2 unspecified atom stereocenters. The van der Waals surface area contributed by atoms with Crippen LogP contribution < -0.4 is 0 Å². The summed E-state index contributed by atoms with van der Waals surface area (Å²) in [7, 11) is 0. The summed E-state index contributed by atoms with van der Waals surface area (Å²) in [5, 5.41) is 20.6. The van der Waals surface area contributed by atoms with Crippen LogP contribution in [-0.4, -0.2) is 22.1 Å². The van der Waals surface area contributed by atoms with E-state index in [1.54, 1.807) is 6.92 Å². The number of cyclic esters (lactones) is 1. The molecule has 1 heterocycles. The first-order valence-corrected chi connectivity index (χ1v) is 6.27. The van der Waals surface area contributed by atoms with Gasteiger partial charge in [-0.25, -0.2) is 4.79 Å². The zero-order chi connectivity index (χ0) is 15.0. The number of aliphatic hydroxyl groups is 1. The molecular weight excluding hydrogens is 309 g/mol. The molecular formula is C12H9Cl2NO5. The maximum atomic E-state index is 11.2. The number of aryl methyl sites for hydroxylation is 1. The first-order valence-electron chi connectivity index (χ1n) is 5.52. The summed E-state index contributed by atoms with van der Waals surface area (Å²) in [5.74, 6) is -0.831. The minimum absolute atomic E-state index is 0.118. The average Bonchev–Trinajstić information content (AvgIpc) is 2.66. The summed E-state index contributed by atoms with van der Waals surface area (Å²) < 4.78 is 4.84. The second-order valence-corrected chi connectivity index (χ2v) is 5.02. The van der Waals surface area contributed by atoms with Crippen molar-refractivity contribution in [2.24, 2.45) is 0 Å². The lowest BCUT2D eigenvalue weighted by molar-refractivity contribution is -0.385. The van der Waals surface area contributed by atoms with Crippen molar-refractivity contribution < 1.29 is 19.6 Å². The number of rotatable bonds is 3. The molecule has 0 saturated carbocycles. The highest BCUT2D eigenvalue weighted by Gasteiger charge is 2.38. The van der Waals surface area contributed by atoms with Gasteiger partial charge in [-0.15, -0.1) is 0 Å². The standard InChI is InChI=1S/C12H9Cl2NO5/c1-5-2-3-6(4-7(5)15(18)19)10(16)11-8(13)9(14)12(17)20-11/h2-4,10-11,16H,1H3. The molecule has 1 aliphatic rings. The van der Waals surface area contributed by atoms with E-state index in [2.05, 4.69) is 0 Å². The Morgan fingerprint density at radius 1 is 1.45 bits per heavy atom. The molecule has 2 rings (SSSR count). The van der Waals surface area contributed by atoms with Gasteiger partial charge >= 0.3 is 5.97 Å². The number of carbonyl (C=O) groups excluding carboxylic acids is 1. The quantitative estimate of drug-likeness (QED) is 0.525. The maximum absolute atomic E-state index is 11.2. The van der Waals surface area contributed by atoms with Crippen molar-refractivity contribution >= 4 is 34.9 Å².